The number of esters is 1. The van der Waals surface area contributed by atoms with Gasteiger partial charge in [-0.3, -0.25) is 0 Å². The van der Waals surface area contributed by atoms with Gasteiger partial charge in [-0.2, -0.15) is 0 Å². The maximum Gasteiger partial charge on any atom is 0.342 e. The van der Waals surface area contributed by atoms with Crippen LogP contribution in [0, 0.1) is 0 Å². The Balaban J connectivity index is 2.10. The molecule has 1 aromatic carbocycles. The third-order valence-electron chi connectivity index (χ3n) is 5.52. The van der Waals surface area contributed by atoms with E-state index in [0.29, 0.717) is 24.2 Å². The summed E-state index contributed by atoms with van der Waals surface area (Å²) in [6, 6.07) is 1.68. The molecule has 3 rings (SSSR count). The first-order valence-corrected chi connectivity index (χ1v) is 11.2. The molecule has 0 radical (unpaired) electrons. The van der Waals surface area contributed by atoms with Gasteiger partial charge >= 0.3 is 5.97 Å². The maximum absolute atomic E-state index is 13.3. The molecule has 2 aliphatic rings. The maximum atomic E-state index is 13.3. The van der Waals surface area contributed by atoms with Crippen molar-refractivity contribution in [1.29, 1.82) is 0 Å². The van der Waals surface area contributed by atoms with Gasteiger partial charge in [-0.05, 0) is 38.8 Å². The Bertz CT molecular complexity index is 921. The Labute approximate surface area is 200 Å². The van der Waals surface area contributed by atoms with E-state index in [1.165, 1.54) is 21.3 Å². The largest absolute Gasteiger partial charge is 0.493 e. The smallest absolute Gasteiger partial charge is 0.342 e. The lowest BCUT2D eigenvalue weighted by atomic mass is 10.0. The molecule has 2 heterocycles. The number of cyclic esters (lactones) is 1. The fourth-order valence-electron chi connectivity index (χ4n) is 4.05. The van der Waals surface area contributed by atoms with Crippen LogP contribution in [-0.2, 0) is 18.9 Å². The molecule has 0 aromatic heterocycles. The summed E-state index contributed by atoms with van der Waals surface area (Å²) < 4.78 is 39.5. The minimum absolute atomic E-state index is 0.104. The zero-order valence-electron chi connectivity index (χ0n) is 20.5. The molecule has 34 heavy (non-hydrogen) atoms. The van der Waals surface area contributed by atoms with Crippen LogP contribution in [0.1, 0.15) is 49.5 Å². The Morgan fingerprint density at radius 3 is 2.53 bits per heavy atom. The average molecular weight is 479 g/mol. The Morgan fingerprint density at radius 1 is 1.09 bits per heavy atom. The van der Waals surface area contributed by atoms with Gasteiger partial charge in [0.05, 0.1) is 20.3 Å². The first-order chi connectivity index (χ1) is 16.2. The summed E-state index contributed by atoms with van der Waals surface area (Å²) in [5, 5.41) is 10.7. The van der Waals surface area contributed by atoms with Crippen LogP contribution in [-0.4, -0.2) is 69.4 Å². The molecule has 1 fully saturated rings. The number of benzene rings is 1. The van der Waals surface area contributed by atoms with Crippen molar-refractivity contribution in [3.05, 3.63) is 35.4 Å². The summed E-state index contributed by atoms with van der Waals surface area (Å²) in [6.45, 7) is 5.30. The third kappa shape index (κ3) is 5.90. The highest BCUT2D eigenvalue weighted by molar-refractivity contribution is 5.98. The van der Waals surface area contributed by atoms with Crippen LogP contribution >= 0.6 is 0 Å². The number of aliphatic hydroxyl groups excluding tert-OH is 1. The van der Waals surface area contributed by atoms with E-state index in [1.54, 1.807) is 31.2 Å². The first kappa shape index (κ1) is 26.0. The zero-order valence-corrected chi connectivity index (χ0v) is 20.5. The Hall–Kier alpha value is -2.59. The van der Waals surface area contributed by atoms with E-state index >= 15 is 0 Å². The number of rotatable bonds is 5. The van der Waals surface area contributed by atoms with E-state index in [1.807, 2.05) is 19.9 Å². The summed E-state index contributed by atoms with van der Waals surface area (Å²) >= 11 is 0. The number of aliphatic hydroxyl groups is 1. The molecule has 9 heteroatoms. The molecular weight excluding hydrogens is 444 g/mol. The molecule has 1 N–H and O–H groups in total. The van der Waals surface area contributed by atoms with E-state index in [9.17, 15) is 9.90 Å². The summed E-state index contributed by atoms with van der Waals surface area (Å²) in [6.07, 6.45) is 5.63. The van der Waals surface area contributed by atoms with E-state index in [-0.39, 0.29) is 30.0 Å². The standard InChI is InChI=1S/C25H34O9/c1-15-9-7-11-17(26)21-18(33-25(2,3)34-21)12-8-10-16-13-19(29-5)22(30-6)23(31-14-28-4)20(16)24(27)32-15/h7-8,10-11,13,15,17-18,21,26H,9,12,14H2,1-6H3/b10-8?,11-7-/t15-,17?,18-,21+/m0/s1. The van der Waals surface area contributed by atoms with Crippen LogP contribution < -0.4 is 14.2 Å². The number of methoxy groups -OCH3 is 3. The van der Waals surface area contributed by atoms with Gasteiger partial charge in [0.2, 0.25) is 5.75 Å². The molecule has 1 saturated heterocycles. The van der Waals surface area contributed by atoms with E-state index < -0.39 is 30.1 Å². The Morgan fingerprint density at radius 2 is 1.85 bits per heavy atom. The van der Waals surface area contributed by atoms with Crippen molar-refractivity contribution >= 4 is 12.0 Å². The lowest BCUT2D eigenvalue weighted by molar-refractivity contribution is -0.152. The monoisotopic (exact) mass is 478 g/mol. The predicted molar refractivity (Wildman–Crippen MR) is 124 cm³/mol. The van der Waals surface area contributed by atoms with E-state index in [2.05, 4.69) is 0 Å². The molecule has 0 amide bonds. The lowest BCUT2D eigenvalue weighted by Gasteiger charge is -2.21. The highest BCUT2D eigenvalue weighted by Gasteiger charge is 2.43. The number of hydrogen-bond donors (Lipinski definition) is 1. The SMILES string of the molecule is COCOc1c(OC)c(OC)cc2c1C(=O)O[C@@H](C)C/C=C\C(O)[C@H]1OC(C)(C)O[C@H]1CC=C2. The zero-order chi connectivity index (χ0) is 24.9. The molecule has 0 saturated carbocycles. The molecule has 0 aliphatic carbocycles. The van der Waals surface area contributed by atoms with Gasteiger partial charge in [0.25, 0.3) is 0 Å². The average Bonchev–Trinajstić information content (AvgIpc) is 3.10. The van der Waals surface area contributed by atoms with Crippen molar-refractivity contribution in [3.8, 4) is 17.2 Å². The molecule has 0 spiro atoms. The normalized spacial score (nSPS) is 27.7. The van der Waals surface area contributed by atoms with Crippen LogP contribution in [0.5, 0.6) is 17.2 Å². The van der Waals surface area contributed by atoms with Gasteiger partial charge in [0, 0.05) is 13.5 Å². The van der Waals surface area contributed by atoms with Crippen molar-refractivity contribution in [1.82, 2.24) is 0 Å². The molecule has 4 atom stereocenters. The summed E-state index contributed by atoms with van der Waals surface area (Å²) in [5.74, 6) is -0.595. The van der Waals surface area contributed by atoms with Crippen LogP contribution in [0.3, 0.4) is 0 Å². The number of ether oxygens (including phenoxy) is 7. The number of hydrogen-bond acceptors (Lipinski definition) is 9. The fourth-order valence-corrected chi connectivity index (χ4v) is 4.05. The van der Waals surface area contributed by atoms with Gasteiger partial charge in [-0.15, -0.1) is 0 Å². The lowest BCUT2D eigenvalue weighted by Crippen LogP contribution is -2.34. The van der Waals surface area contributed by atoms with Crippen LogP contribution in [0.2, 0.25) is 0 Å². The topological polar surface area (TPSA) is 102 Å². The first-order valence-electron chi connectivity index (χ1n) is 11.2. The summed E-state index contributed by atoms with van der Waals surface area (Å²) in [5.41, 5.74) is 0.711. The molecule has 2 aliphatic heterocycles. The number of carbonyl (C=O) groups is 1. The van der Waals surface area contributed by atoms with Crippen molar-refractivity contribution in [3.63, 3.8) is 0 Å². The van der Waals surface area contributed by atoms with Crippen LogP contribution in [0.25, 0.3) is 6.08 Å². The van der Waals surface area contributed by atoms with Crippen LogP contribution in [0.15, 0.2) is 24.3 Å². The van der Waals surface area contributed by atoms with Gasteiger partial charge < -0.3 is 38.3 Å². The summed E-state index contributed by atoms with van der Waals surface area (Å²) in [4.78, 5) is 13.3. The quantitative estimate of drug-likeness (QED) is 0.387. The molecular formula is C25H34O9. The van der Waals surface area contributed by atoms with Gasteiger partial charge in [0.15, 0.2) is 24.1 Å². The fraction of sp³-hybridized carbons (Fsp3) is 0.560. The highest BCUT2D eigenvalue weighted by atomic mass is 16.8. The van der Waals surface area contributed by atoms with Crippen LogP contribution in [0.4, 0.5) is 0 Å². The van der Waals surface area contributed by atoms with Crippen molar-refractivity contribution < 1.29 is 43.1 Å². The molecule has 0 bridgehead atoms. The molecule has 1 unspecified atom stereocenters. The Kier molecular flexibility index (Phi) is 8.59. The minimum Gasteiger partial charge on any atom is -0.493 e. The van der Waals surface area contributed by atoms with Gasteiger partial charge in [0.1, 0.15) is 23.9 Å². The second kappa shape index (κ2) is 11.2. The van der Waals surface area contributed by atoms with E-state index in [0.717, 1.165) is 0 Å². The third-order valence-corrected chi connectivity index (χ3v) is 5.52. The van der Waals surface area contributed by atoms with Gasteiger partial charge in [-0.1, -0.05) is 24.3 Å². The molecule has 188 valence electrons. The summed E-state index contributed by atoms with van der Waals surface area (Å²) in [7, 11) is 4.45. The minimum atomic E-state index is -0.864. The van der Waals surface area contributed by atoms with Crippen molar-refractivity contribution in [2.24, 2.45) is 0 Å². The van der Waals surface area contributed by atoms with Crippen molar-refractivity contribution in [2.45, 2.75) is 63.8 Å². The number of fused-ring (bicyclic) bond motifs is 2. The second-order valence-corrected chi connectivity index (χ2v) is 8.60. The van der Waals surface area contributed by atoms with E-state index in [4.69, 9.17) is 33.2 Å². The second-order valence-electron chi connectivity index (χ2n) is 8.60. The molecule has 9 nitrogen and oxygen atoms in total. The highest BCUT2D eigenvalue weighted by Crippen LogP contribution is 2.43. The molecule has 1 aromatic rings. The van der Waals surface area contributed by atoms with Crippen molar-refractivity contribution in [2.75, 3.05) is 28.1 Å². The number of carbonyl (C=O) groups excluding carboxylic acids is 1. The predicted octanol–water partition coefficient (Wildman–Crippen LogP) is 3.48. The van der Waals surface area contributed by atoms with Gasteiger partial charge in [-0.25, -0.2) is 4.79 Å².